The molecule has 1 aliphatic heterocycles. The van der Waals surface area contributed by atoms with E-state index in [1.165, 1.54) is 109 Å². The summed E-state index contributed by atoms with van der Waals surface area (Å²) in [6.45, 7) is 0. The van der Waals surface area contributed by atoms with Crippen LogP contribution in [0.2, 0.25) is 0 Å². The number of benzene rings is 10. The Morgan fingerprint density at radius 3 is 1.80 bits per heavy atom. The van der Waals surface area contributed by atoms with E-state index in [2.05, 4.69) is 194 Å². The summed E-state index contributed by atoms with van der Waals surface area (Å²) in [6, 6.07) is 72.6. The average Bonchev–Trinajstić information content (AvgIpc) is 3.81. The van der Waals surface area contributed by atoms with Crippen LogP contribution in [0.4, 0.5) is 0 Å². The van der Waals surface area contributed by atoms with Gasteiger partial charge >= 0.3 is 0 Å². The van der Waals surface area contributed by atoms with Crippen LogP contribution in [0.25, 0.3) is 97.4 Å². The van der Waals surface area contributed by atoms with E-state index in [4.69, 9.17) is 4.74 Å². The Hall–Kier alpha value is -7.26. The molecule has 0 amide bonds. The fourth-order valence-corrected chi connectivity index (χ4v) is 12.2. The molecule has 10 aromatic carbocycles. The van der Waals surface area contributed by atoms with Gasteiger partial charge in [0.2, 0.25) is 0 Å². The second-order valence-electron chi connectivity index (χ2n) is 16.3. The zero-order valence-electron chi connectivity index (χ0n) is 31.8. The minimum atomic E-state index is -0.463. The van der Waals surface area contributed by atoms with Gasteiger partial charge in [-0.2, -0.15) is 0 Å². The molecule has 1 nitrogen and oxygen atoms in total. The van der Waals surface area contributed by atoms with Gasteiger partial charge in [0.1, 0.15) is 11.5 Å². The Labute approximate surface area is 345 Å². The van der Waals surface area contributed by atoms with Gasteiger partial charge in [-0.25, -0.2) is 0 Å². The molecule has 1 aromatic heterocycles. The fourth-order valence-electron chi connectivity index (χ4n) is 11.1. The van der Waals surface area contributed by atoms with Crippen LogP contribution >= 0.6 is 11.3 Å². The molecule has 14 rings (SSSR count). The monoisotopic (exact) mass is 764 g/mol. The smallest absolute Gasteiger partial charge is 0.135 e. The summed E-state index contributed by atoms with van der Waals surface area (Å²) in [4.78, 5) is 0. The fraction of sp³-hybridized carbons (Fsp3) is 0.0175. The van der Waals surface area contributed by atoms with Gasteiger partial charge in [-0.1, -0.05) is 152 Å². The van der Waals surface area contributed by atoms with Crippen molar-refractivity contribution in [3.8, 4) is 67.1 Å². The van der Waals surface area contributed by atoms with Gasteiger partial charge in [0.15, 0.2) is 0 Å². The first-order chi connectivity index (χ1) is 29.2. The van der Waals surface area contributed by atoms with E-state index in [1.807, 2.05) is 11.3 Å². The van der Waals surface area contributed by atoms with Gasteiger partial charge < -0.3 is 4.74 Å². The molecule has 3 aliphatic rings. The standard InChI is InChI=1S/C57H32OS/c1-4-18-47-38(12-1)40-25-22-36(32-50(40)57(47)48-19-5-2-13-39(48)43-15-7-10-33-11-8-20-49(57)55(33)43)37-26-28-52-56-42(37)16-9-17-44(56)45-30-34(23-27-51(45)58-52)35-24-29-54-46(31-35)41-14-3-6-21-53(41)59-54/h1-32H. The number of ether oxygens (including phenoxy) is 1. The van der Waals surface area contributed by atoms with Crippen molar-refractivity contribution in [1.29, 1.82) is 0 Å². The van der Waals surface area contributed by atoms with Gasteiger partial charge in [-0.15, -0.1) is 11.3 Å². The van der Waals surface area contributed by atoms with E-state index >= 15 is 0 Å². The third kappa shape index (κ3) is 4.09. The lowest BCUT2D eigenvalue weighted by Gasteiger charge is -2.40. The van der Waals surface area contributed by atoms with E-state index in [0.29, 0.717) is 0 Å². The predicted octanol–water partition coefficient (Wildman–Crippen LogP) is 15.8. The van der Waals surface area contributed by atoms with Gasteiger partial charge in [0.05, 0.1) is 5.41 Å². The third-order valence-electron chi connectivity index (χ3n) is 13.5. The van der Waals surface area contributed by atoms with Crippen molar-refractivity contribution in [3.63, 3.8) is 0 Å². The second-order valence-corrected chi connectivity index (χ2v) is 17.4. The van der Waals surface area contributed by atoms with Crippen LogP contribution in [0.1, 0.15) is 22.3 Å². The molecular weight excluding hydrogens is 733 g/mol. The number of hydrogen-bond acceptors (Lipinski definition) is 2. The minimum Gasteiger partial charge on any atom is -0.456 e. The molecule has 0 N–H and O–H groups in total. The maximum absolute atomic E-state index is 6.76. The maximum atomic E-state index is 6.76. The first-order valence-electron chi connectivity index (χ1n) is 20.4. The SMILES string of the molecule is c1ccc2c(c1)-c1ccc(-c3ccc4c5c(cccc35)-c3cc(-c5ccc6sc7ccccc7c6c5)ccc3O4)cc1C21c2ccccc2-c2cccc3cccc1c23. The van der Waals surface area contributed by atoms with Crippen LogP contribution in [0, 0.1) is 0 Å². The predicted molar refractivity (Wildman–Crippen MR) is 247 cm³/mol. The molecule has 272 valence electrons. The van der Waals surface area contributed by atoms with Crippen molar-refractivity contribution in [2.45, 2.75) is 5.41 Å². The summed E-state index contributed by atoms with van der Waals surface area (Å²) in [6.07, 6.45) is 0. The summed E-state index contributed by atoms with van der Waals surface area (Å²) in [5.41, 5.74) is 17.3. The number of rotatable bonds is 2. The molecule has 0 radical (unpaired) electrons. The summed E-state index contributed by atoms with van der Waals surface area (Å²) < 4.78 is 9.40. The molecule has 11 aromatic rings. The summed E-state index contributed by atoms with van der Waals surface area (Å²) >= 11 is 1.86. The second kappa shape index (κ2) is 11.4. The molecule has 2 heterocycles. The highest BCUT2D eigenvalue weighted by Crippen LogP contribution is 2.62. The number of hydrogen-bond donors (Lipinski definition) is 0. The van der Waals surface area contributed by atoms with Crippen molar-refractivity contribution in [2.24, 2.45) is 0 Å². The molecule has 2 heteroatoms. The van der Waals surface area contributed by atoms with Crippen LogP contribution in [-0.2, 0) is 5.41 Å². The molecule has 0 saturated carbocycles. The number of fused-ring (bicyclic) bond motifs is 14. The van der Waals surface area contributed by atoms with Crippen molar-refractivity contribution in [3.05, 3.63) is 216 Å². The Morgan fingerprint density at radius 1 is 0.322 bits per heavy atom. The summed E-state index contributed by atoms with van der Waals surface area (Å²) in [7, 11) is 0. The molecule has 0 saturated heterocycles. The average molecular weight is 765 g/mol. The highest BCUT2D eigenvalue weighted by molar-refractivity contribution is 7.25. The van der Waals surface area contributed by atoms with Gasteiger partial charge in [-0.3, -0.25) is 0 Å². The van der Waals surface area contributed by atoms with Crippen molar-refractivity contribution >= 4 is 53.1 Å². The minimum absolute atomic E-state index is 0.463. The van der Waals surface area contributed by atoms with Crippen LogP contribution in [0.5, 0.6) is 11.5 Å². The van der Waals surface area contributed by atoms with Gasteiger partial charge in [0.25, 0.3) is 0 Å². The quantitative estimate of drug-likeness (QED) is 0.170. The maximum Gasteiger partial charge on any atom is 0.135 e. The van der Waals surface area contributed by atoms with E-state index in [9.17, 15) is 0 Å². The first-order valence-corrected chi connectivity index (χ1v) is 21.2. The van der Waals surface area contributed by atoms with Gasteiger partial charge in [-0.05, 0) is 131 Å². The zero-order valence-corrected chi connectivity index (χ0v) is 32.6. The van der Waals surface area contributed by atoms with Crippen LogP contribution in [0.15, 0.2) is 194 Å². The number of thiophene rings is 1. The summed E-state index contributed by atoms with van der Waals surface area (Å²) in [5.74, 6) is 1.80. The topological polar surface area (TPSA) is 9.23 Å². The van der Waals surface area contributed by atoms with E-state index in [0.717, 1.165) is 22.4 Å². The van der Waals surface area contributed by atoms with Crippen molar-refractivity contribution in [2.75, 3.05) is 0 Å². The van der Waals surface area contributed by atoms with E-state index < -0.39 is 5.41 Å². The molecule has 59 heavy (non-hydrogen) atoms. The lowest BCUT2D eigenvalue weighted by molar-refractivity contribution is 0.487. The molecule has 1 spiro atoms. The Morgan fingerprint density at radius 2 is 0.915 bits per heavy atom. The first kappa shape index (κ1) is 31.8. The summed E-state index contributed by atoms with van der Waals surface area (Å²) in [5, 5.41) is 7.62. The van der Waals surface area contributed by atoms with E-state index in [-0.39, 0.29) is 0 Å². The van der Waals surface area contributed by atoms with E-state index in [1.54, 1.807) is 0 Å². The largest absolute Gasteiger partial charge is 0.456 e. The van der Waals surface area contributed by atoms with Crippen LogP contribution in [-0.4, -0.2) is 0 Å². The Balaban J connectivity index is 0.970. The molecule has 1 unspecified atom stereocenters. The normalized spacial score (nSPS) is 15.3. The highest BCUT2D eigenvalue weighted by atomic mass is 32.1. The Kier molecular flexibility index (Phi) is 6.16. The molecule has 2 aliphatic carbocycles. The van der Waals surface area contributed by atoms with Crippen molar-refractivity contribution < 1.29 is 4.74 Å². The third-order valence-corrected chi connectivity index (χ3v) is 14.6. The van der Waals surface area contributed by atoms with Crippen molar-refractivity contribution in [1.82, 2.24) is 0 Å². The van der Waals surface area contributed by atoms with Gasteiger partial charge in [0, 0.05) is 31.1 Å². The van der Waals surface area contributed by atoms with Crippen LogP contribution < -0.4 is 4.74 Å². The molecule has 1 atom stereocenters. The molecule has 0 bridgehead atoms. The zero-order chi connectivity index (χ0) is 38.4. The molecular formula is C57H32OS. The molecule has 0 fully saturated rings. The lowest BCUT2D eigenvalue weighted by atomic mass is 9.61. The Bertz CT molecular complexity index is 3660. The lowest BCUT2D eigenvalue weighted by Crippen LogP contribution is -2.31. The highest BCUT2D eigenvalue weighted by Gasteiger charge is 2.50. The van der Waals surface area contributed by atoms with Crippen LogP contribution in [0.3, 0.4) is 0 Å².